The van der Waals surface area contributed by atoms with Gasteiger partial charge in [-0.1, -0.05) is 5.16 Å². The van der Waals surface area contributed by atoms with Crippen LogP contribution in [0.15, 0.2) is 16.9 Å². The summed E-state index contributed by atoms with van der Waals surface area (Å²) in [5.41, 5.74) is 0.946. The number of hydrogen-bond donors (Lipinski definition) is 1. The zero-order valence-electron chi connectivity index (χ0n) is 10.5. The third-order valence-electron chi connectivity index (χ3n) is 3.46. The molecule has 3 rings (SSSR count). The second kappa shape index (κ2) is 4.89. The van der Waals surface area contributed by atoms with E-state index in [0.29, 0.717) is 5.92 Å². The summed E-state index contributed by atoms with van der Waals surface area (Å²) < 4.78 is 5.25. The Balaban J connectivity index is 1.54. The van der Waals surface area contributed by atoms with Crippen LogP contribution >= 0.6 is 0 Å². The predicted molar refractivity (Wildman–Crippen MR) is 64.9 cm³/mol. The molecule has 2 aromatic rings. The van der Waals surface area contributed by atoms with E-state index in [-0.39, 0.29) is 0 Å². The smallest absolute Gasteiger partial charge is 0.150 e. The molecule has 0 amide bonds. The molecule has 0 aromatic carbocycles. The van der Waals surface area contributed by atoms with Crippen molar-refractivity contribution in [3.63, 3.8) is 0 Å². The van der Waals surface area contributed by atoms with Gasteiger partial charge in [0.05, 0.1) is 12.2 Å². The zero-order chi connectivity index (χ0) is 12.4. The van der Waals surface area contributed by atoms with Crippen LogP contribution in [0.25, 0.3) is 0 Å². The summed E-state index contributed by atoms with van der Waals surface area (Å²) >= 11 is 0. The van der Waals surface area contributed by atoms with Crippen molar-refractivity contribution in [2.24, 2.45) is 0 Å². The molecule has 0 spiro atoms. The van der Waals surface area contributed by atoms with Crippen molar-refractivity contribution in [3.8, 4) is 0 Å². The molecular weight excluding hydrogens is 230 g/mol. The Bertz CT molecular complexity index is 484. The molecule has 1 saturated heterocycles. The standard InChI is InChI=1S/C12H17N5O/c1-9-6-11(18-16-9)7-17-4-2-10(3-5-17)12-13-8-14-15-12/h6,8,10H,2-5,7H2,1H3,(H,13,14,15). The average molecular weight is 247 g/mol. The Morgan fingerprint density at radius 3 is 2.89 bits per heavy atom. The van der Waals surface area contributed by atoms with Crippen LogP contribution in [0, 0.1) is 6.92 Å². The van der Waals surface area contributed by atoms with Gasteiger partial charge in [0.1, 0.15) is 12.2 Å². The predicted octanol–water partition coefficient (Wildman–Crippen LogP) is 1.48. The van der Waals surface area contributed by atoms with Gasteiger partial charge in [-0.25, -0.2) is 4.98 Å². The number of H-pyrrole nitrogens is 1. The Kier molecular flexibility index (Phi) is 3.10. The van der Waals surface area contributed by atoms with Crippen molar-refractivity contribution >= 4 is 0 Å². The third-order valence-corrected chi connectivity index (χ3v) is 3.46. The highest BCUT2D eigenvalue weighted by molar-refractivity contribution is 5.03. The van der Waals surface area contributed by atoms with Gasteiger partial charge in [-0.15, -0.1) is 0 Å². The molecule has 1 aliphatic rings. The second-order valence-electron chi connectivity index (χ2n) is 4.86. The molecule has 6 nitrogen and oxygen atoms in total. The largest absolute Gasteiger partial charge is 0.360 e. The van der Waals surface area contributed by atoms with Crippen LogP contribution in [-0.2, 0) is 6.54 Å². The molecule has 0 bridgehead atoms. The zero-order valence-corrected chi connectivity index (χ0v) is 10.5. The molecule has 0 unspecified atom stereocenters. The van der Waals surface area contributed by atoms with Crippen LogP contribution in [0.1, 0.15) is 36.0 Å². The maximum Gasteiger partial charge on any atom is 0.150 e. The molecule has 1 aliphatic heterocycles. The van der Waals surface area contributed by atoms with Gasteiger partial charge in [-0.05, 0) is 32.9 Å². The highest BCUT2D eigenvalue weighted by Crippen LogP contribution is 2.25. The molecule has 0 saturated carbocycles. The van der Waals surface area contributed by atoms with E-state index in [9.17, 15) is 0 Å². The van der Waals surface area contributed by atoms with E-state index < -0.39 is 0 Å². The molecule has 1 fully saturated rings. The van der Waals surface area contributed by atoms with E-state index in [2.05, 4.69) is 25.2 Å². The van der Waals surface area contributed by atoms with Crippen LogP contribution in [0.5, 0.6) is 0 Å². The van der Waals surface area contributed by atoms with Crippen molar-refractivity contribution in [3.05, 3.63) is 29.7 Å². The van der Waals surface area contributed by atoms with Gasteiger partial charge in [0.15, 0.2) is 5.76 Å². The molecule has 1 N–H and O–H groups in total. The van der Waals surface area contributed by atoms with Crippen molar-refractivity contribution in [2.45, 2.75) is 32.2 Å². The first kappa shape index (κ1) is 11.4. The lowest BCUT2D eigenvalue weighted by molar-refractivity contribution is 0.182. The van der Waals surface area contributed by atoms with Gasteiger partial charge < -0.3 is 4.52 Å². The molecule has 0 atom stereocenters. The lowest BCUT2D eigenvalue weighted by Crippen LogP contribution is -2.32. The number of rotatable bonds is 3. The number of piperidine rings is 1. The molecule has 0 aliphatic carbocycles. The number of likely N-dealkylation sites (tertiary alicyclic amines) is 1. The van der Waals surface area contributed by atoms with E-state index in [4.69, 9.17) is 4.52 Å². The van der Waals surface area contributed by atoms with Gasteiger partial charge in [0, 0.05) is 12.0 Å². The number of nitrogens with one attached hydrogen (secondary N) is 1. The maximum atomic E-state index is 5.25. The fraction of sp³-hybridized carbons (Fsp3) is 0.583. The number of hydrogen-bond acceptors (Lipinski definition) is 5. The first-order valence-electron chi connectivity index (χ1n) is 6.31. The van der Waals surface area contributed by atoms with Crippen LogP contribution in [-0.4, -0.2) is 38.3 Å². The van der Waals surface area contributed by atoms with Crippen molar-refractivity contribution in [2.75, 3.05) is 13.1 Å². The molecule has 3 heterocycles. The second-order valence-corrected chi connectivity index (χ2v) is 4.86. The van der Waals surface area contributed by atoms with Crippen molar-refractivity contribution in [1.29, 1.82) is 0 Å². The minimum Gasteiger partial charge on any atom is -0.360 e. The quantitative estimate of drug-likeness (QED) is 0.889. The maximum absolute atomic E-state index is 5.25. The summed E-state index contributed by atoms with van der Waals surface area (Å²) in [5, 5.41) is 10.8. The van der Waals surface area contributed by atoms with E-state index >= 15 is 0 Å². The first-order chi connectivity index (χ1) is 8.81. The summed E-state index contributed by atoms with van der Waals surface area (Å²) in [6.07, 6.45) is 3.81. The van der Waals surface area contributed by atoms with Crippen molar-refractivity contribution in [1.82, 2.24) is 25.2 Å². The minimum absolute atomic E-state index is 0.514. The van der Waals surface area contributed by atoms with Crippen LogP contribution in [0.2, 0.25) is 0 Å². The Morgan fingerprint density at radius 1 is 1.44 bits per heavy atom. The van der Waals surface area contributed by atoms with Gasteiger partial charge in [0.25, 0.3) is 0 Å². The highest BCUT2D eigenvalue weighted by atomic mass is 16.5. The van der Waals surface area contributed by atoms with Crippen LogP contribution in [0.3, 0.4) is 0 Å². The van der Waals surface area contributed by atoms with E-state index in [1.807, 2.05) is 13.0 Å². The minimum atomic E-state index is 0.514. The van der Waals surface area contributed by atoms with Gasteiger partial charge in [0.2, 0.25) is 0 Å². The summed E-state index contributed by atoms with van der Waals surface area (Å²) in [6, 6.07) is 2.00. The summed E-state index contributed by atoms with van der Waals surface area (Å²) in [4.78, 5) is 6.63. The normalized spacial score (nSPS) is 18.3. The van der Waals surface area contributed by atoms with Gasteiger partial charge >= 0.3 is 0 Å². The number of nitrogens with zero attached hydrogens (tertiary/aromatic N) is 4. The lowest BCUT2D eigenvalue weighted by Gasteiger charge is -2.29. The van der Waals surface area contributed by atoms with E-state index in [1.165, 1.54) is 0 Å². The Morgan fingerprint density at radius 2 is 2.28 bits per heavy atom. The fourth-order valence-corrected chi connectivity index (χ4v) is 2.49. The van der Waals surface area contributed by atoms with E-state index in [0.717, 1.165) is 49.8 Å². The van der Waals surface area contributed by atoms with Crippen LogP contribution < -0.4 is 0 Å². The Labute approximate surface area is 105 Å². The molecule has 2 aromatic heterocycles. The highest BCUT2D eigenvalue weighted by Gasteiger charge is 2.23. The molecule has 0 radical (unpaired) electrons. The lowest BCUT2D eigenvalue weighted by atomic mass is 9.96. The monoisotopic (exact) mass is 247 g/mol. The molecular formula is C12H17N5O. The van der Waals surface area contributed by atoms with E-state index in [1.54, 1.807) is 6.33 Å². The first-order valence-corrected chi connectivity index (χ1v) is 6.31. The number of aryl methyl sites for hydroxylation is 1. The molecule has 18 heavy (non-hydrogen) atoms. The molecule has 96 valence electrons. The SMILES string of the molecule is Cc1cc(CN2CCC(c3ncn[nH]3)CC2)on1. The molecule has 6 heteroatoms. The van der Waals surface area contributed by atoms with Crippen LogP contribution in [0.4, 0.5) is 0 Å². The number of aromatic nitrogens is 4. The van der Waals surface area contributed by atoms with Gasteiger partial charge in [-0.2, -0.15) is 5.10 Å². The topological polar surface area (TPSA) is 70.8 Å². The summed E-state index contributed by atoms with van der Waals surface area (Å²) in [7, 11) is 0. The Hall–Kier alpha value is -1.69. The van der Waals surface area contributed by atoms with Crippen molar-refractivity contribution < 1.29 is 4.52 Å². The third kappa shape index (κ3) is 2.43. The summed E-state index contributed by atoms with van der Waals surface area (Å²) in [6.45, 7) is 4.92. The number of aromatic amines is 1. The van der Waals surface area contributed by atoms with Gasteiger partial charge in [-0.3, -0.25) is 10.00 Å². The average Bonchev–Trinajstić information content (AvgIpc) is 3.02. The summed E-state index contributed by atoms with van der Waals surface area (Å²) in [5.74, 6) is 2.48. The fourth-order valence-electron chi connectivity index (χ4n) is 2.49.